The molecule has 2 rings (SSSR count). The van der Waals surface area contributed by atoms with Crippen molar-refractivity contribution in [2.75, 3.05) is 13.6 Å². The van der Waals surface area contributed by atoms with Crippen molar-refractivity contribution >= 4 is 17.3 Å². The number of aromatic nitrogens is 1. The third-order valence-electron chi connectivity index (χ3n) is 2.78. The SMILES string of the molecule is CN(CCC(=O)O)Cc1csc(-c2ccc(F)cc2)n1. The van der Waals surface area contributed by atoms with E-state index in [1.807, 2.05) is 17.3 Å². The van der Waals surface area contributed by atoms with E-state index in [1.54, 1.807) is 12.1 Å². The zero-order valence-corrected chi connectivity index (χ0v) is 11.9. The van der Waals surface area contributed by atoms with E-state index in [2.05, 4.69) is 4.98 Å². The molecule has 0 saturated carbocycles. The molecule has 1 aromatic carbocycles. The minimum Gasteiger partial charge on any atom is -0.481 e. The van der Waals surface area contributed by atoms with E-state index in [9.17, 15) is 9.18 Å². The third-order valence-corrected chi connectivity index (χ3v) is 3.72. The number of hydrogen-bond acceptors (Lipinski definition) is 4. The van der Waals surface area contributed by atoms with Crippen LogP contribution in [0.15, 0.2) is 29.6 Å². The number of carbonyl (C=O) groups is 1. The van der Waals surface area contributed by atoms with Crippen LogP contribution in [0.1, 0.15) is 12.1 Å². The van der Waals surface area contributed by atoms with Crippen LogP contribution in [0.25, 0.3) is 10.6 Å². The Balaban J connectivity index is 1.98. The molecule has 20 heavy (non-hydrogen) atoms. The van der Waals surface area contributed by atoms with Crippen LogP contribution >= 0.6 is 11.3 Å². The molecule has 1 heterocycles. The van der Waals surface area contributed by atoms with E-state index >= 15 is 0 Å². The third kappa shape index (κ3) is 4.11. The highest BCUT2D eigenvalue weighted by Crippen LogP contribution is 2.24. The van der Waals surface area contributed by atoms with Gasteiger partial charge < -0.3 is 5.11 Å². The number of benzene rings is 1. The number of nitrogens with zero attached hydrogens (tertiary/aromatic N) is 2. The lowest BCUT2D eigenvalue weighted by molar-refractivity contribution is -0.137. The molecule has 0 radical (unpaired) electrons. The fraction of sp³-hybridized carbons (Fsp3) is 0.286. The summed E-state index contributed by atoms with van der Waals surface area (Å²) in [5, 5.41) is 11.4. The van der Waals surface area contributed by atoms with Gasteiger partial charge in [-0.3, -0.25) is 9.69 Å². The van der Waals surface area contributed by atoms with E-state index in [0.29, 0.717) is 13.1 Å². The van der Waals surface area contributed by atoms with Crippen molar-refractivity contribution in [3.8, 4) is 10.6 Å². The quantitative estimate of drug-likeness (QED) is 0.890. The van der Waals surface area contributed by atoms with Gasteiger partial charge in [-0.2, -0.15) is 0 Å². The van der Waals surface area contributed by atoms with Gasteiger partial charge in [0.25, 0.3) is 0 Å². The molecule has 0 saturated heterocycles. The first kappa shape index (κ1) is 14.6. The molecule has 6 heteroatoms. The largest absolute Gasteiger partial charge is 0.481 e. The molecule has 0 aliphatic heterocycles. The van der Waals surface area contributed by atoms with E-state index in [-0.39, 0.29) is 12.2 Å². The topological polar surface area (TPSA) is 53.4 Å². The first-order valence-electron chi connectivity index (χ1n) is 6.15. The molecule has 2 aromatic rings. The summed E-state index contributed by atoms with van der Waals surface area (Å²) in [4.78, 5) is 16.9. The van der Waals surface area contributed by atoms with Gasteiger partial charge in [0.05, 0.1) is 12.1 Å². The van der Waals surface area contributed by atoms with Crippen LogP contribution in [-0.2, 0) is 11.3 Å². The molecule has 0 aliphatic carbocycles. The maximum Gasteiger partial charge on any atom is 0.304 e. The number of carboxylic acid groups (broad SMARTS) is 1. The molecule has 0 atom stereocenters. The number of halogens is 1. The molecule has 0 fully saturated rings. The molecule has 0 spiro atoms. The van der Waals surface area contributed by atoms with Crippen LogP contribution in [0, 0.1) is 5.82 Å². The molecular formula is C14H15FN2O2S. The lowest BCUT2D eigenvalue weighted by Gasteiger charge is -2.13. The minimum absolute atomic E-state index is 0.117. The summed E-state index contributed by atoms with van der Waals surface area (Å²) in [6.07, 6.45) is 0.117. The Morgan fingerprint density at radius 1 is 1.40 bits per heavy atom. The Kier molecular flexibility index (Phi) is 4.81. The van der Waals surface area contributed by atoms with Crippen LogP contribution < -0.4 is 0 Å². The summed E-state index contributed by atoms with van der Waals surface area (Å²) in [5.74, 6) is -1.07. The molecule has 1 N–H and O–H groups in total. The van der Waals surface area contributed by atoms with Gasteiger partial charge in [0, 0.05) is 24.0 Å². The van der Waals surface area contributed by atoms with Crippen LogP contribution in [0.3, 0.4) is 0 Å². The van der Waals surface area contributed by atoms with Gasteiger partial charge in [0.2, 0.25) is 0 Å². The maximum atomic E-state index is 12.9. The van der Waals surface area contributed by atoms with Gasteiger partial charge in [0.1, 0.15) is 10.8 Å². The lowest BCUT2D eigenvalue weighted by atomic mass is 10.2. The highest BCUT2D eigenvalue weighted by atomic mass is 32.1. The Bertz CT molecular complexity index is 583. The number of aliphatic carboxylic acids is 1. The van der Waals surface area contributed by atoms with Crippen molar-refractivity contribution < 1.29 is 14.3 Å². The van der Waals surface area contributed by atoms with E-state index in [0.717, 1.165) is 16.3 Å². The number of carboxylic acids is 1. The fourth-order valence-electron chi connectivity index (χ4n) is 1.75. The predicted molar refractivity (Wildman–Crippen MR) is 76.1 cm³/mol. The molecule has 106 valence electrons. The number of rotatable bonds is 6. The summed E-state index contributed by atoms with van der Waals surface area (Å²) in [5.41, 5.74) is 1.78. The van der Waals surface area contributed by atoms with E-state index in [4.69, 9.17) is 5.11 Å². The van der Waals surface area contributed by atoms with Crippen LogP contribution in [0.5, 0.6) is 0 Å². The summed E-state index contributed by atoms with van der Waals surface area (Å²) in [6, 6.07) is 6.23. The molecule has 4 nitrogen and oxygen atoms in total. The lowest BCUT2D eigenvalue weighted by Crippen LogP contribution is -2.21. The average molecular weight is 294 g/mol. The maximum absolute atomic E-state index is 12.9. The smallest absolute Gasteiger partial charge is 0.304 e. The summed E-state index contributed by atoms with van der Waals surface area (Å²) in [7, 11) is 1.86. The Morgan fingerprint density at radius 2 is 2.10 bits per heavy atom. The second-order valence-corrected chi connectivity index (χ2v) is 5.39. The van der Waals surface area contributed by atoms with Crippen molar-refractivity contribution in [2.45, 2.75) is 13.0 Å². The number of thiazole rings is 1. The molecule has 1 aromatic heterocycles. The monoisotopic (exact) mass is 294 g/mol. The van der Waals surface area contributed by atoms with Crippen LogP contribution in [0.2, 0.25) is 0 Å². The summed E-state index contributed by atoms with van der Waals surface area (Å²) in [6.45, 7) is 1.09. The van der Waals surface area contributed by atoms with Gasteiger partial charge in [-0.05, 0) is 31.3 Å². The fourth-order valence-corrected chi connectivity index (χ4v) is 2.56. The normalized spacial score (nSPS) is 10.9. The van der Waals surface area contributed by atoms with E-state index < -0.39 is 5.97 Å². The zero-order chi connectivity index (χ0) is 14.5. The van der Waals surface area contributed by atoms with Crippen molar-refractivity contribution in [1.29, 1.82) is 0 Å². The first-order chi connectivity index (χ1) is 9.54. The first-order valence-corrected chi connectivity index (χ1v) is 7.03. The van der Waals surface area contributed by atoms with Crippen LogP contribution in [-0.4, -0.2) is 34.6 Å². The summed E-state index contributed by atoms with van der Waals surface area (Å²) >= 11 is 1.50. The zero-order valence-electron chi connectivity index (χ0n) is 11.0. The number of hydrogen-bond donors (Lipinski definition) is 1. The van der Waals surface area contributed by atoms with E-state index in [1.165, 1.54) is 23.5 Å². The highest BCUT2D eigenvalue weighted by molar-refractivity contribution is 7.13. The van der Waals surface area contributed by atoms with Gasteiger partial charge in [-0.15, -0.1) is 11.3 Å². The van der Waals surface area contributed by atoms with Crippen molar-refractivity contribution in [3.63, 3.8) is 0 Å². The van der Waals surface area contributed by atoms with Gasteiger partial charge in [-0.1, -0.05) is 0 Å². The minimum atomic E-state index is -0.804. The Morgan fingerprint density at radius 3 is 2.75 bits per heavy atom. The van der Waals surface area contributed by atoms with Gasteiger partial charge in [-0.25, -0.2) is 9.37 Å². The second kappa shape index (κ2) is 6.58. The van der Waals surface area contributed by atoms with Crippen molar-refractivity contribution in [2.24, 2.45) is 0 Å². The average Bonchev–Trinajstić information content (AvgIpc) is 2.85. The Hall–Kier alpha value is -1.79. The molecule has 0 bridgehead atoms. The summed E-state index contributed by atoms with van der Waals surface area (Å²) < 4.78 is 12.9. The Labute approximate surface area is 120 Å². The second-order valence-electron chi connectivity index (χ2n) is 4.53. The van der Waals surface area contributed by atoms with Crippen LogP contribution in [0.4, 0.5) is 4.39 Å². The predicted octanol–water partition coefficient (Wildman–Crippen LogP) is 2.86. The molecule has 0 unspecified atom stereocenters. The molecular weight excluding hydrogens is 279 g/mol. The van der Waals surface area contributed by atoms with Crippen molar-refractivity contribution in [3.05, 3.63) is 41.2 Å². The van der Waals surface area contributed by atoms with Gasteiger partial charge >= 0.3 is 5.97 Å². The van der Waals surface area contributed by atoms with Gasteiger partial charge in [0.15, 0.2) is 0 Å². The highest BCUT2D eigenvalue weighted by Gasteiger charge is 2.08. The van der Waals surface area contributed by atoms with Crippen molar-refractivity contribution in [1.82, 2.24) is 9.88 Å². The molecule has 0 aliphatic rings. The molecule has 0 amide bonds. The standard InChI is InChI=1S/C14H15FN2O2S/c1-17(7-6-13(18)19)8-12-9-20-14(16-12)10-2-4-11(15)5-3-10/h2-5,9H,6-8H2,1H3,(H,18,19).